The molecule has 1 aromatic carbocycles. The van der Waals surface area contributed by atoms with Crippen molar-refractivity contribution in [1.29, 1.82) is 0 Å². The van der Waals surface area contributed by atoms with Crippen LogP contribution in [0.5, 0.6) is 11.5 Å². The number of rotatable bonds is 4. The number of piperidine rings is 1. The number of nitrogens with zero attached hydrogens (tertiary/aromatic N) is 1. The summed E-state index contributed by atoms with van der Waals surface area (Å²) in [7, 11) is 0. The lowest BCUT2D eigenvalue weighted by molar-refractivity contribution is -0.133. The molecule has 1 saturated heterocycles. The fourth-order valence-electron chi connectivity index (χ4n) is 2.82. The molecule has 0 unspecified atom stereocenters. The number of nitrogens with two attached hydrogens (primary N) is 1. The van der Waals surface area contributed by atoms with Crippen molar-refractivity contribution in [2.45, 2.75) is 12.8 Å². The zero-order chi connectivity index (χ0) is 17.1. The van der Waals surface area contributed by atoms with Crippen molar-refractivity contribution in [2.75, 3.05) is 26.4 Å². The van der Waals surface area contributed by atoms with E-state index in [4.69, 9.17) is 15.2 Å². The zero-order valence-electron chi connectivity index (χ0n) is 13.1. The first-order chi connectivity index (χ1) is 11.5. The van der Waals surface area contributed by atoms with Gasteiger partial charge in [0.1, 0.15) is 0 Å². The van der Waals surface area contributed by atoms with Crippen molar-refractivity contribution < 1.29 is 23.9 Å². The molecule has 1 aromatic rings. The van der Waals surface area contributed by atoms with Crippen molar-refractivity contribution in [3.63, 3.8) is 0 Å². The number of hydrogen-bond acceptors (Lipinski definition) is 5. The highest BCUT2D eigenvalue weighted by Crippen LogP contribution is 2.32. The van der Waals surface area contributed by atoms with Crippen LogP contribution in [0.15, 0.2) is 18.2 Å². The highest BCUT2D eigenvalue weighted by molar-refractivity contribution is 5.97. The Morgan fingerprint density at radius 1 is 1.17 bits per heavy atom. The molecule has 0 spiro atoms. The lowest BCUT2D eigenvalue weighted by Crippen LogP contribution is -2.45. The second kappa shape index (κ2) is 6.77. The molecule has 2 aliphatic heterocycles. The number of benzene rings is 1. The standard InChI is InChI=1S/C16H19N3O5/c17-15(21)10-3-5-19(6-4-10)14(20)8-18-16(22)11-1-2-12-13(7-11)24-9-23-12/h1-2,7,10H,3-6,8-9H2,(H2,17,21)(H,18,22). The molecule has 24 heavy (non-hydrogen) atoms. The van der Waals surface area contributed by atoms with E-state index in [1.165, 1.54) is 0 Å². The van der Waals surface area contributed by atoms with Gasteiger partial charge in [0.2, 0.25) is 18.6 Å². The van der Waals surface area contributed by atoms with Gasteiger partial charge in [-0.15, -0.1) is 0 Å². The van der Waals surface area contributed by atoms with Crippen molar-refractivity contribution in [1.82, 2.24) is 10.2 Å². The number of hydrogen-bond donors (Lipinski definition) is 2. The van der Waals surface area contributed by atoms with Gasteiger partial charge in [-0.05, 0) is 31.0 Å². The SMILES string of the molecule is NC(=O)C1CCN(C(=O)CNC(=O)c2ccc3c(c2)OCO3)CC1. The monoisotopic (exact) mass is 333 g/mol. The van der Waals surface area contributed by atoms with E-state index in [9.17, 15) is 14.4 Å². The first-order valence-electron chi connectivity index (χ1n) is 7.79. The van der Waals surface area contributed by atoms with E-state index in [1.807, 2.05) is 0 Å². The van der Waals surface area contributed by atoms with Crippen LogP contribution >= 0.6 is 0 Å². The molecule has 0 aromatic heterocycles. The fraction of sp³-hybridized carbons (Fsp3) is 0.438. The number of nitrogens with one attached hydrogen (secondary N) is 1. The van der Waals surface area contributed by atoms with Gasteiger partial charge in [0.25, 0.3) is 5.91 Å². The lowest BCUT2D eigenvalue weighted by Gasteiger charge is -2.30. The Morgan fingerprint density at radius 2 is 1.88 bits per heavy atom. The molecule has 0 radical (unpaired) electrons. The molecule has 3 amide bonds. The number of amides is 3. The van der Waals surface area contributed by atoms with Gasteiger partial charge in [0.05, 0.1) is 6.54 Å². The van der Waals surface area contributed by atoms with Crippen LogP contribution in [0, 0.1) is 5.92 Å². The predicted octanol–water partition coefficient (Wildman–Crippen LogP) is -0.131. The normalized spacial score (nSPS) is 16.8. The van der Waals surface area contributed by atoms with Gasteiger partial charge in [0, 0.05) is 24.6 Å². The highest BCUT2D eigenvalue weighted by Gasteiger charge is 2.26. The number of ether oxygens (including phenoxy) is 2. The quantitative estimate of drug-likeness (QED) is 0.797. The molecule has 1 fully saturated rings. The van der Waals surface area contributed by atoms with E-state index in [0.717, 1.165) is 0 Å². The number of carbonyl (C=O) groups is 3. The summed E-state index contributed by atoms with van der Waals surface area (Å²) in [5, 5.41) is 2.60. The van der Waals surface area contributed by atoms with Gasteiger partial charge in [0.15, 0.2) is 11.5 Å². The Morgan fingerprint density at radius 3 is 2.58 bits per heavy atom. The molecule has 3 rings (SSSR count). The molecular weight excluding hydrogens is 314 g/mol. The topological polar surface area (TPSA) is 111 Å². The summed E-state index contributed by atoms with van der Waals surface area (Å²) in [6.07, 6.45) is 1.13. The van der Waals surface area contributed by atoms with Crippen molar-refractivity contribution >= 4 is 17.7 Å². The van der Waals surface area contributed by atoms with E-state index in [1.54, 1.807) is 23.1 Å². The molecule has 0 bridgehead atoms. The summed E-state index contributed by atoms with van der Waals surface area (Å²) in [6, 6.07) is 4.86. The van der Waals surface area contributed by atoms with Gasteiger partial charge in [-0.1, -0.05) is 0 Å². The van der Waals surface area contributed by atoms with Crippen molar-refractivity contribution in [3.8, 4) is 11.5 Å². The van der Waals surface area contributed by atoms with Gasteiger partial charge in [-0.2, -0.15) is 0 Å². The van der Waals surface area contributed by atoms with Gasteiger partial charge in [-0.3, -0.25) is 14.4 Å². The average molecular weight is 333 g/mol. The summed E-state index contributed by atoms with van der Waals surface area (Å²) in [4.78, 5) is 37.0. The molecule has 0 atom stereocenters. The van der Waals surface area contributed by atoms with Crippen LogP contribution in [0.1, 0.15) is 23.2 Å². The minimum atomic E-state index is -0.353. The smallest absolute Gasteiger partial charge is 0.251 e. The molecule has 8 heteroatoms. The van der Waals surface area contributed by atoms with Gasteiger partial charge < -0.3 is 25.4 Å². The van der Waals surface area contributed by atoms with Crippen LogP contribution in [0.25, 0.3) is 0 Å². The number of likely N-dealkylation sites (tertiary alicyclic amines) is 1. The van der Waals surface area contributed by atoms with Crippen LogP contribution < -0.4 is 20.5 Å². The van der Waals surface area contributed by atoms with Crippen molar-refractivity contribution in [3.05, 3.63) is 23.8 Å². The molecular formula is C16H19N3O5. The number of carbonyl (C=O) groups excluding carboxylic acids is 3. The summed E-state index contributed by atoms with van der Waals surface area (Å²) in [5.74, 6) is 0.0959. The third kappa shape index (κ3) is 3.42. The highest BCUT2D eigenvalue weighted by atomic mass is 16.7. The van der Waals surface area contributed by atoms with E-state index in [-0.39, 0.29) is 37.0 Å². The van der Waals surface area contributed by atoms with Crippen LogP contribution in [0.2, 0.25) is 0 Å². The third-order valence-corrected chi connectivity index (χ3v) is 4.28. The lowest BCUT2D eigenvalue weighted by atomic mass is 9.96. The van der Waals surface area contributed by atoms with E-state index in [0.29, 0.717) is 43.0 Å². The van der Waals surface area contributed by atoms with Crippen LogP contribution in [-0.2, 0) is 9.59 Å². The molecule has 2 heterocycles. The molecule has 3 N–H and O–H groups in total. The molecule has 0 aliphatic carbocycles. The van der Waals surface area contributed by atoms with Gasteiger partial charge >= 0.3 is 0 Å². The fourth-order valence-corrected chi connectivity index (χ4v) is 2.82. The Kier molecular flexibility index (Phi) is 4.54. The first-order valence-corrected chi connectivity index (χ1v) is 7.79. The Balaban J connectivity index is 1.49. The number of primary amides is 1. The van der Waals surface area contributed by atoms with E-state index in [2.05, 4.69) is 5.32 Å². The van der Waals surface area contributed by atoms with Crippen LogP contribution in [-0.4, -0.2) is 49.0 Å². The third-order valence-electron chi connectivity index (χ3n) is 4.28. The maximum Gasteiger partial charge on any atom is 0.251 e. The molecule has 128 valence electrons. The van der Waals surface area contributed by atoms with Crippen LogP contribution in [0.3, 0.4) is 0 Å². The summed E-state index contributed by atoms with van der Waals surface area (Å²) in [6.45, 7) is 1.01. The Hall–Kier alpha value is -2.77. The second-order valence-corrected chi connectivity index (χ2v) is 5.81. The van der Waals surface area contributed by atoms with Crippen molar-refractivity contribution in [2.24, 2.45) is 11.7 Å². The zero-order valence-corrected chi connectivity index (χ0v) is 13.1. The van der Waals surface area contributed by atoms with Gasteiger partial charge in [-0.25, -0.2) is 0 Å². The maximum absolute atomic E-state index is 12.1. The van der Waals surface area contributed by atoms with E-state index >= 15 is 0 Å². The minimum Gasteiger partial charge on any atom is -0.454 e. The number of fused-ring (bicyclic) bond motifs is 1. The first kappa shape index (κ1) is 16.1. The minimum absolute atomic E-state index is 0.0888. The Labute approximate surface area is 138 Å². The summed E-state index contributed by atoms with van der Waals surface area (Å²) >= 11 is 0. The van der Waals surface area contributed by atoms with E-state index < -0.39 is 0 Å². The predicted molar refractivity (Wildman–Crippen MR) is 83.4 cm³/mol. The van der Waals surface area contributed by atoms with Crippen LogP contribution in [0.4, 0.5) is 0 Å². The maximum atomic E-state index is 12.1. The summed E-state index contributed by atoms with van der Waals surface area (Å²) in [5.41, 5.74) is 5.67. The molecule has 2 aliphatic rings. The largest absolute Gasteiger partial charge is 0.454 e. The Bertz CT molecular complexity index is 668. The molecule has 8 nitrogen and oxygen atoms in total. The average Bonchev–Trinajstić information content (AvgIpc) is 3.07. The summed E-state index contributed by atoms with van der Waals surface area (Å²) < 4.78 is 10.4. The second-order valence-electron chi connectivity index (χ2n) is 5.81. The molecule has 0 saturated carbocycles.